The lowest BCUT2D eigenvalue weighted by molar-refractivity contribution is -0.136. The van der Waals surface area contributed by atoms with Crippen molar-refractivity contribution >= 4 is 35.3 Å². The third kappa shape index (κ3) is 5.77. The van der Waals surface area contributed by atoms with Gasteiger partial charge < -0.3 is 15.7 Å². The molecular weight excluding hydrogens is 396 g/mol. The number of phenols is 1. The number of aryl methyl sites for hydroxylation is 1. The minimum atomic E-state index is -1.03. The van der Waals surface area contributed by atoms with Crippen LogP contribution in [0.4, 0.5) is 11.4 Å². The van der Waals surface area contributed by atoms with Crippen LogP contribution in [0.25, 0.3) is 0 Å². The van der Waals surface area contributed by atoms with Gasteiger partial charge in [0.05, 0.1) is 17.5 Å². The highest BCUT2D eigenvalue weighted by Gasteiger charge is 2.17. The van der Waals surface area contributed by atoms with E-state index < -0.39 is 17.7 Å². The number of hydrogen-bond donors (Lipinski definition) is 4. The van der Waals surface area contributed by atoms with E-state index in [2.05, 4.69) is 21.2 Å². The fourth-order valence-corrected chi connectivity index (χ4v) is 2.61. The number of hydrazone groups is 1. The van der Waals surface area contributed by atoms with E-state index in [1.165, 1.54) is 24.4 Å². The maximum absolute atomic E-state index is 12.6. The Bertz CT molecular complexity index is 1140. The first kappa shape index (κ1) is 21.3. The molecule has 8 nitrogen and oxygen atoms in total. The normalized spacial score (nSPS) is 10.5. The highest BCUT2D eigenvalue weighted by molar-refractivity contribution is 6.40. The van der Waals surface area contributed by atoms with Crippen molar-refractivity contribution in [2.75, 3.05) is 10.6 Å². The minimum absolute atomic E-state index is 0.0153. The van der Waals surface area contributed by atoms with E-state index in [-0.39, 0.29) is 17.0 Å². The number of aromatic hydroxyl groups is 1. The monoisotopic (exact) mass is 416 g/mol. The molecule has 31 heavy (non-hydrogen) atoms. The summed E-state index contributed by atoms with van der Waals surface area (Å²) in [7, 11) is 0. The Hall–Kier alpha value is -4.46. The fraction of sp³-hybridized carbons (Fsp3) is 0.0435. The molecule has 0 unspecified atom stereocenters. The van der Waals surface area contributed by atoms with Gasteiger partial charge in [-0.25, -0.2) is 5.43 Å². The maximum atomic E-state index is 12.6. The van der Waals surface area contributed by atoms with Crippen molar-refractivity contribution in [3.8, 4) is 5.75 Å². The predicted octanol–water partition coefficient (Wildman–Crippen LogP) is 3.04. The maximum Gasteiger partial charge on any atom is 0.329 e. The van der Waals surface area contributed by atoms with Crippen LogP contribution in [0.15, 0.2) is 77.9 Å². The van der Waals surface area contributed by atoms with Crippen LogP contribution in [0.5, 0.6) is 5.75 Å². The highest BCUT2D eigenvalue weighted by Crippen LogP contribution is 2.18. The number of nitrogens with zero attached hydrogens (tertiary/aromatic N) is 1. The van der Waals surface area contributed by atoms with E-state index in [1.807, 2.05) is 19.1 Å². The molecule has 0 atom stereocenters. The summed E-state index contributed by atoms with van der Waals surface area (Å²) in [5, 5.41) is 18.5. The Morgan fingerprint density at radius 2 is 1.52 bits per heavy atom. The van der Waals surface area contributed by atoms with Crippen molar-refractivity contribution in [3.63, 3.8) is 0 Å². The molecule has 3 aromatic carbocycles. The van der Waals surface area contributed by atoms with Gasteiger partial charge in [0, 0.05) is 11.3 Å². The number of nitrogens with one attached hydrogen (secondary N) is 3. The van der Waals surface area contributed by atoms with E-state index >= 15 is 0 Å². The minimum Gasteiger partial charge on any atom is -0.507 e. The SMILES string of the molecule is Cc1ccc(NC(=O)c2ccccc2NC(=O)C(=O)NN=Cc2ccccc2O)cc1. The van der Waals surface area contributed by atoms with Crippen LogP contribution in [0.2, 0.25) is 0 Å². The second kappa shape index (κ2) is 9.84. The average molecular weight is 416 g/mol. The van der Waals surface area contributed by atoms with E-state index in [0.717, 1.165) is 5.56 Å². The molecule has 0 fully saturated rings. The summed E-state index contributed by atoms with van der Waals surface area (Å²) < 4.78 is 0. The summed E-state index contributed by atoms with van der Waals surface area (Å²) in [6.07, 6.45) is 1.21. The molecule has 0 bridgehead atoms. The Labute approximate surface area is 178 Å². The summed E-state index contributed by atoms with van der Waals surface area (Å²) >= 11 is 0. The van der Waals surface area contributed by atoms with Gasteiger partial charge in [0.25, 0.3) is 5.91 Å². The van der Waals surface area contributed by atoms with Crippen LogP contribution in [-0.2, 0) is 9.59 Å². The van der Waals surface area contributed by atoms with E-state index in [9.17, 15) is 19.5 Å². The van der Waals surface area contributed by atoms with Crippen molar-refractivity contribution in [2.24, 2.45) is 5.10 Å². The number of para-hydroxylation sites is 2. The predicted molar refractivity (Wildman–Crippen MR) is 118 cm³/mol. The van der Waals surface area contributed by atoms with Gasteiger partial charge in [0.15, 0.2) is 0 Å². The molecule has 0 radical (unpaired) electrons. The molecule has 0 aromatic heterocycles. The number of amides is 3. The van der Waals surface area contributed by atoms with Gasteiger partial charge in [0.2, 0.25) is 0 Å². The lowest BCUT2D eigenvalue weighted by Crippen LogP contribution is -2.33. The summed E-state index contributed by atoms with van der Waals surface area (Å²) in [6.45, 7) is 1.94. The van der Waals surface area contributed by atoms with Gasteiger partial charge in [-0.3, -0.25) is 14.4 Å². The van der Waals surface area contributed by atoms with Crippen LogP contribution in [0.1, 0.15) is 21.5 Å². The first-order valence-electron chi connectivity index (χ1n) is 9.33. The molecule has 0 aliphatic carbocycles. The van der Waals surface area contributed by atoms with Gasteiger partial charge in [-0.1, -0.05) is 42.0 Å². The molecule has 0 aliphatic rings. The fourth-order valence-electron chi connectivity index (χ4n) is 2.61. The number of rotatable bonds is 5. The van der Waals surface area contributed by atoms with Gasteiger partial charge in [-0.2, -0.15) is 5.10 Å². The number of carbonyl (C=O) groups excluding carboxylic acids is 3. The zero-order valence-electron chi connectivity index (χ0n) is 16.6. The van der Waals surface area contributed by atoms with Crippen LogP contribution in [0.3, 0.4) is 0 Å². The molecule has 0 saturated heterocycles. The molecule has 8 heteroatoms. The van der Waals surface area contributed by atoms with Gasteiger partial charge >= 0.3 is 11.8 Å². The van der Waals surface area contributed by atoms with E-state index in [0.29, 0.717) is 11.3 Å². The number of anilines is 2. The second-order valence-corrected chi connectivity index (χ2v) is 6.58. The topological polar surface area (TPSA) is 120 Å². The van der Waals surface area contributed by atoms with E-state index in [4.69, 9.17) is 0 Å². The van der Waals surface area contributed by atoms with Crippen molar-refractivity contribution < 1.29 is 19.5 Å². The number of phenolic OH excluding ortho intramolecular Hbond substituents is 1. The molecule has 0 heterocycles. The third-order valence-corrected chi connectivity index (χ3v) is 4.24. The third-order valence-electron chi connectivity index (χ3n) is 4.24. The largest absolute Gasteiger partial charge is 0.507 e. The average Bonchev–Trinajstić information content (AvgIpc) is 2.77. The summed E-state index contributed by atoms with van der Waals surface area (Å²) in [5.41, 5.74) is 4.49. The lowest BCUT2D eigenvalue weighted by atomic mass is 10.1. The second-order valence-electron chi connectivity index (χ2n) is 6.58. The van der Waals surface area contributed by atoms with Crippen LogP contribution >= 0.6 is 0 Å². The highest BCUT2D eigenvalue weighted by atomic mass is 16.3. The quantitative estimate of drug-likeness (QED) is 0.290. The standard InChI is InChI=1S/C23H20N4O4/c1-15-10-12-17(13-11-15)25-21(29)18-7-3-4-8-19(18)26-22(30)23(31)27-24-14-16-6-2-5-9-20(16)28/h2-14,28H,1H3,(H,25,29)(H,26,30)(H,27,31). The van der Waals surface area contributed by atoms with Crippen LogP contribution in [0, 0.1) is 6.92 Å². The van der Waals surface area contributed by atoms with Crippen molar-refractivity contribution in [3.05, 3.63) is 89.5 Å². The zero-order valence-corrected chi connectivity index (χ0v) is 16.6. The molecule has 3 aromatic rings. The molecule has 0 saturated carbocycles. The number of hydrogen-bond acceptors (Lipinski definition) is 5. The lowest BCUT2D eigenvalue weighted by Gasteiger charge is -2.11. The molecule has 0 aliphatic heterocycles. The molecule has 0 spiro atoms. The number of carbonyl (C=O) groups is 3. The molecule has 4 N–H and O–H groups in total. The first-order chi connectivity index (χ1) is 14.9. The summed E-state index contributed by atoms with van der Waals surface area (Å²) in [5.74, 6) is -2.47. The Balaban J connectivity index is 1.64. The number of benzene rings is 3. The van der Waals surface area contributed by atoms with Crippen LogP contribution < -0.4 is 16.1 Å². The van der Waals surface area contributed by atoms with Crippen molar-refractivity contribution in [2.45, 2.75) is 6.92 Å². The molecule has 3 amide bonds. The summed E-state index contributed by atoms with van der Waals surface area (Å²) in [4.78, 5) is 36.9. The van der Waals surface area contributed by atoms with E-state index in [1.54, 1.807) is 42.5 Å². The first-order valence-corrected chi connectivity index (χ1v) is 9.33. The molecule has 3 rings (SSSR count). The summed E-state index contributed by atoms with van der Waals surface area (Å²) in [6, 6.07) is 20.0. The molecule has 156 valence electrons. The molecular formula is C23H20N4O4. The van der Waals surface area contributed by atoms with Gasteiger partial charge in [-0.15, -0.1) is 0 Å². The zero-order chi connectivity index (χ0) is 22.2. The Morgan fingerprint density at radius 1 is 0.839 bits per heavy atom. The Morgan fingerprint density at radius 3 is 2.26 bits per heavy atom. The van der Waals surface area contributed by atoms with Crippen molar-refractivity contribution in [1.29, 1.82) is 0 Å². The van der Waals surface area contributed by atoms with Gasteiger partial charge in [-0.05, 0) is 43.3 Å². The van der Waals surface area contributed by atoms with Gasteiger partial charge in [0.1, 0.15) is 5.75 Å². The Kier molecular flexibility index (Phi) is 6.74. The van der Waals surface area contributed by atoms with Crippen molar-refractivity contribution in [1.82, 2.24) is 5.43 Å². The smallest absolute Gasteiger partial charge is 0.329 e. The van der Waals surface area contributed by atoms with Crippen LogP contribution in [-0.4, -0.2) is 29.0 Å².